The molecule has 0 bridgehead atoms. The van der Waals surface area contributed by atoms with Crippen molar-refractivity contribution in [2.75, 3.05) is 5.33 Å². The van der Waals surface area contributed by atoms with E-state index in [1.807, 2.05) is 24.4 Å². The summed E-state index contributed by atoms with van der Waals surface area (Å²) < 4.78 is 2.08. The van der Waals surface area contributed by atoms with Gasteiger partial charge in [-0.3, -0.25) is 4.40 Å². The second kappa shape index (κ2) is 6.29. The van der Waals surface area contributed by atoms with Crippen LogP contribution in [0.4, 0.5) is 0 Å². The van der Waals surface area contributed by atoms with Crippen molar-refractivity contribution in [3.63, 3.8) is 0 Å². The predicted octanol–water partition coefficient (Wildman–Crippen LogP) is 4.85. The lowest BCUT2D eigenvalue weighted by Crippen LogP contribution is -2.10. The van der Waals surface area contributed by atoms with Gasteiger partial charge in [-0.1, -0.05) is 45.7 Å². The van der Waals surface area contributed by atoms with Crippen LogP contribution in [0.3, 0.4) is 0 Å². The van der Waals surface area contributed by atoms with E-state index in [-0.39, 0.29) is 0 Å². The summed E-state index contributed by atoms with van der Waals surface area (Å²) in [6, 6.07) is 8.07. The van der Waals surface area contributed by atoms with E-state index in [1.54, 1.807) is 11.3 Å². The molecule has 0 aliphatic heterocycles. The molecular formula is C15H14BrClN2S. The quantitative estimate of drug-likeness (QED) is 0.588. The van der Waals surface area contributed by atoms with Crippen molar-refractivity contribution < 1.29 is 0 Å². The molecule has 0 amide bonds. The summed E-state index contributed by atoms with van der Waals surface area (Å²) in [7, 11) is 0. The first-order valence-electron chi connectivity index (χ1n) is 6.46. The summed E-state index contributed by atoms with van der Waals surface area (Å²) >= 11 is 11.5. The van der Waals surface area contributed by atoms with Crippen LogP contribution in [0.5, 0.6) is 0 Å². The lowest BCUT2D eigenvalue weighted by atomic mass is 9.97. The van der Waals surface area contributed by atoms with E-state index in [9.17, 15) is 0 Å². The molecule has 3 rings (SSSR count). The Balaban J connectivity index is 1.74. The summed E-state index contributed by atoms with van der Waals surface area (Å²) in [5, 5.41) is 3.85. The van der Waals surface area contributed by atoms with Crippen molar-refractivity contribution in [1.82, 2.24) is 9.38 Å². The van der Waals surface area contributed by atoms with Crippen molar-refractivity contribution in [2.24, 2.45) is 5.92 Å². The van der Waals surface area contributed by atoms with E-state index < -0.39 is 0 Å². The van der Waals surface area contributed by atoms with E-state index in [0.29, 0.717) is 5.92 Å². The smallest absolute Gasteiger partial charge is 0.193 e. The molecular weight excluding hydrogens is 356 g/mol. The lowest BCUT2D eigenvalue weighted by Gasteiger charge is -2.13. The van der Waals surface area contributed by atoms with E-state index in [2.05, 4.69) is 43.0 Å². The van der Waals surface area contributed by atoms with Gasteiger partial charge in [0.05, 0.1) is 5.69 Å². The normalized spacial score (nSPS) is 12.9. The number of alkyl halides is 1. The minimum Gasteiger partial charge on any atom is -0.297 e. The van der Waals surface area contributed by atoms with Gasteiger partial charge >= 0.3 is 0 Å². The summed E-state index contributed by atoms with van der Waals surface area (Å²) in [6.45, 7) is 0. The highest BCUT2D eigenvalue weighted by Crippen LogP contribution is 2.23. The van der Waals surface area contributed by atoms with E-state index >= 15 is 0 Å². The first-order chi connectivity index (χ1) is 9.76. The Bertz CT molecular complexity index is 678. The number of halogens is 2. The Kier molecular flexibility index (Phi) is 4.44. The third-order valence-electron chi connectivity index (χ3n) is 3.33. The van der Waals surface area contributed by atoms with Gasteiger partial charge in [-0.25, -0.2) is 4.98 Å². The summed E-state index contributed by atoms with van der Waals surface area (Å²) in [4.78, 5) is 5.71. The minimum atomic E-state index is 0.500. The minimum absolute atomic E-state index is 0.500. The maximum atomic E-state index is 6.24. The summed E-state index contributed by atoms with van der Waals surface area (Å²) in [5.74, 6) is 0.500. The molecule has 20 heavy (non-hydrogen) atoms. The fourth-order valence-corrected chi connectivity index (χ4v) is 3.72. The van der Waals surface area contributed by atoms with Crippen LogP contribution in [-0.4, -0.2) is 14.7 Å². The molecule has 2 nitrogen and oxygen atoms in total. The first kappa shape index (κ1) is 14.1. The number of nitrogens with zero attached hydrogens (tertiary/aromatic N) is 2. The standard InChI is InChI=1S/C15H14BrClN2S/c16-9-11(7-12-3-1-2-4-14(12)17)8-13-10-19-5-6-20-15(19)18-13/h1-6,10-11H,7-9H2. The Hall–Kier alpha value is -0.840. The third-order valence-corrected chi connectivity index (χ3v) is 5.38. The second-order valence-electron chi connectivity index (χ2n) is 4.85. The van der Waals surface area contributed by atoms with Crippen LogP contribution in [0.2, 0.25) is 5.02 Å². The lowest BCUT2D eigenvalue weighted by molar-refractivity contribution is 0.584. The number of imidazole rings is 1. The average Bonchev–Trinajstić information content (AvgIpc) is 3.01. The van der Waals surface area contributed by atoms with Crippen LogP contribution in [-0.2, 0) is 12.8 Å². The maximum absolute atomic E-state index is 6.24. The average molecular weight is 370 g/mol. The van der Waals surface area contributed by atoms with Crippen LogP contribution >= 0.6 is 38.9 Å². The number of thiazole rings is 1. The highest BCUT2D eigenvalue weighted by molar-refractivity contribution is 9.09. The van der Waals surface area contributed by atoms with E-state index in [0.717, 1.165) is 33.8 Å². The SMILES string of the molecule is Clc1ccccc1CC(CBr)Cc1cn2ccsc2n1. The molecule has 2 aromatic heterocycles. The first-order valence-corrected chi connectivity index (χ1v) is 8.84. The van der Waals surface area contributed by atoms with Crippen molar-refractivity contribution in [3.8, 4) is 0 Å². The molecule has 0 N–H and O–H groups in total. The number of hydrogen-bond acceptors (Lipinski definition) is 2. The topological polar surface area (TPSA) is 17.3 Å². The van der Waals surface area contributed by atoms with Gasteiger partial charge in [-0.15, -0.1) is 11.3 Å². The zero-order valence-electron chi connectivity index (χ0n) is 10.8. The zero-order valence-corrected chi connectivity index (χ0v) is 14.0. The molecule has 0 spiro atoms. The molecule has 0 fully saturated rings. The Morgan fingerprint density at radius 3 is 2.90 bits per heavy atom. The number of rotatable bonds is 5. The third kappa shape index (κ3) is 3.08. The van der Waals surface area contributed by atoms with E-state index in [1.165, 1.54) is 5.56 Å². The Labute approximate surface area is 135 Å². The van der Waals surface area contributed by atoms with Gasteiger partial charge < -0.3 is 0 Å². The molecule has 3 aromatic rings. The fraction of sp³-hybridized carbons (Fsp3) is 0.267. The van der Waals surface area contributed by atoms with Crippen LogP contribution < -0.4 is 0 Å². The van der Waals surface area contributed by atoms with Crippen molar-refractivity contribution in [3.05, 3.63) is 58.3 Å². The fourth-order valence-electron chi connectivity index (χ4n) is 2.33. The maximum Gasteiger partial charge on any atom is 0.193 e. The van der Waals surface area contributed by atoms with Crippen molar-refractivity contribution in [2.45, 2.75) is 12.8 Å². The molecule has 1 unspecified atom stereocenters. The van der Waals surface area contributed by atoms with Crippen LogP contribution in [0.25, 0.3) is 4.96 Å². The molecule has 0 saturated carbocycles. The molecule has 5 heteroatoms. The number of hydrogen-bond donors (Lipinski definition) is 0. The second-order valence-corrected chi connectivity index (χ2v) is 6.77. The number of aromatic nitrogens is 2. The zero-order chi connectivity index (χ0) is 13.9. The Morgan fingerprint density at radius 2 is 2.15 bits per heavy atom. The molecule has 2 heterocycles. The molecule has 1 aromatic carbocycles. The highest BCUT2D eigenvalue weighted by Gasteiger charge is 2.13. The van der Waals surface area contributed by atoms with Crippen molar-refractivity contribution in [1.29, 1.82) is 0 Å². The largest absolute Gasteiger partial charge is 0.297 e. The summed E-state index contributed by atoms with van der Waals surface area (Å²) in [6.07, 6.45) is 6.10. The molecule has 0 saturated heterocycles. The van der Waals surface area contributed by atoms with Crippen LogP contribution in [0, 0.1) is 5.92 Å². The molecule has 0 aliphatic rings. The van der Waals surface area contributed by atoms with Crippen LogP contribution in [0.15, 0.2) is 42.0 Å². The van der Waals surface area contributed by atoms with Gasteiger partial charge in [0, 0.05) is 28.1 Å². The van der Waals surface area contributed by atoms with Gasteiger partial charge in [-0.2, -0.15) is 0 Å². The summed E-state index contributed by atoms with van der Waals surface area (Å²) in [5.41, 5.74) is 2.35. The van der Waals surface area contributed by atoms with Gasteiger partial charge in [0.1, 0.15) is 0 Å². The van der Waals surface area contributed by atoms with Crippen LogP contribution in [0.1, 0.15) is 11.3 Å². The molecule has 1 atom stereocenters. The Morgan fingerprint density at radius 1 is 1.30 bits per heavy atom. The van der Waals surface area contributed by atoms with Crippen molar-refractivity contribution >= 4 is 43.8 Å². The highest BCUT2D eigenvalue weighted by atomic mass is 79.9. The van der Waals surface area contributed by atoms with Gasteiger partial charge in [0.25, 0.3) is 0 Å². The number of benzene rings is 1. The monoisotopic (exact) mass is 368 g/mol. The molecule has 0 radical (unpaired) electrons. The van der Waals surface area contributed by atoms with E-state index in [4.69, 9.17) is 11.6 Å². The van der Waals surface area contributed by atoms with Gasteiger partial charge in [0.2, 0.25) is 0 Å². The van der Waals surface area contributed by atoms with Gasteiger partial charge in [0.15, 0.2) is 4.96 Å². The molecule has 104 valence electrons. The molecule has 0 aliphatic carbocycles. The van der Waals surface area contributed by atoms with Gasteiger partial charge in [-0.05, 0) is 30.4 Å². The number of fused-ring (bicyclic) bond motifs is 1. The predicted molar refractivity (Wildman–Crippen MR) is 89.2 cm³/mol.